The van der Waals surface area contributed by atoms with Crippen molar-refractivity contribution in [2.75, 3.05) is 18.6 Å². The third-order valence-electron chi connectivity index (χ3n) is 4.09. The topological polar surface area (TPSA) is 53.7 Å². The van der Waals surface area contributed by atoms with Crippen molar-refractivity contribution in [1.29, 1.82) is 0 Å². The molecule has 122 valence electrons. The number of nitrogens with zero attached hydrogens (tertiary/aromatic N) is 5. The lowest BCUT2D eigenvalue weighted by molar-refractivity contribution is 0.0732. The average Bonchev–Trinajstić information content (AvgIpc) is 2.98. The SMILES string of the molecule is CN1c2cc(Cl)ccc2CCN1C(=O)c1cc2ncc(Cl)cn2n1. The molecule has 1 amide bonds. The van der Waals surface area contributed by atoms with Gasteiger partial charge in [0.1, 0.15) is 0 Å². The second kappa shape index (κ2) is 5.65. The largest absolute Gasteiger partial charge is 0.292 e. The summed E-state index contributed by atoms with van der Waals surface area (Å²) in [6.07, 6.45) is 3.91. The van der Waals surface area contributed by atoms with Crippen LogP contribution in [0.25, 0.3) is 5.65 Å². The molecule has 4 rings (SSSR count). The predicted octanol–water partition coefficient (Wildman–Crippen LogP) is 3.09. The molecule has 2 aromatic heterocycles. The number of halogens is 2. The fourth-order valence-electron chi connectivity index (χ4n) is 2.88. The fourth-order valence-corrected chi connectivity index (χ4v) is 3.19. The van der Waals surface area contributed by atoms with Crippen LogP contribution in [0.3, 0.4) is 0 Å². The third-order valence-corrected chi connectivity index (χ3v) is 4.52. The highest BCUT2D eigenvalue weighted by atomic mass is 35.5. The van der Waals surface area contributed by atoms with E-state index >= 15 is 0 Å². The van der Waals surface area contributed by atoms with Crippen molar-refractivity contribution in [2.24, 2.45) is 0 Å². The number of aromatic nitrogens is 3. The van der Waals surface area contributed by atoms with Gasteiger partial charge in [0, 0.05) is 30.9 Å². The maximum absolute atomic E-state index is 12.9. The molecule has 8 heteroatoms. The summed E-state index contributed by atoms with van der Waals surface area (Å²) < 4.78 is 1.50. The number of fused-ring (bicyclic) bond motifs is 2. The molecule has 0 unspecified atom stereocenters. The van der Waals surface area contributed by atoms with E-state index in [-0.39, 0.29) is 5.91 Å². The Hall–Kier alpha value is -2.31. The van der Waals surface area contributed by atoms with Crippen LogP contribution < -0.4 is 5.01 Å². The molecule has 6 nitrogen and oxygen atoms in total. The quantitative estimate of drug-likeness (QED) is 0.668. The molecule has 3 aromatic rings. The second-order valence-electron chi connectivity index (χ2n) is 5.58. The van der Waals surface area contributed by atoms with Crippen LogP contribution in [0, 0.1) is 0 Å². The van der Waals surface area contributed by atoms with Crippen LogP contribution in [0.2, 0.25) is 10.0 Å². The first-order chi connectivity index (χ1) is 11.5. The third kappa shape index (κ3) is 2.48. The molecule has 1 aliphatic rings. The van der Waals surface area contributed by atoms with E-state index in [1.807, 2.05) is 30.3 Å². The smallest absolute Gasteiger partial charge is 0.285 e. The minimum Gasteiger partial charge on any atom is -0.285 e. The minimum atomic E-state index is -0.190. The molecule has 1 aliphatic heterocycles. The Labute approximate surface area is 148 Å². The lowest BCUT2D eigenvalue weighted by Gasteiger charge is -2.38. The number of amides is 1. The lowest BCUT2D eigenvalue weighted by Crippen LogP contribution is -2.48. The van der Waals surface area contributed by atoms with E-state index in [1.165, 1.54) is 10.7 Å². The van der Waals surface area contributed by atoms with Crippen molar-refractivity contribution < 1.29 is 4.79 Å². The first-order valence-electron chi connectivity index (χ1n) is 7.38. The van der Waals surface area contributed by atoms with E-state index in [4.69, 9.17) is 23.2 Å². The molecule has 0 radical (unpaired) electrons. The van der Waals surface area contributed by atoms with Crippen LogP contribution in [-0.2, 0) is 6.42 Å². The summed E-state index contributed by atoms with van der Waals surface area (Å²) in [6, 6.07) is 7.37. The van der Waals surface area contributed by atoms with Crippen LogP contribution >= 0.6 is 23.2 Å². The van der Waals surface area contributed by atoms with Gasteiger partial charge < -0.3 is 0 Å². The van der Waals surface area contributed by atoms with Gasteiger partial charge in [0.05, 0.1) is 16.9 Å². The minimum absolute atomic E-state index is 0.190. The molecule has 0 aliphatic carbocycles. The zero-order chi connectivity index (χ0) is 16.8. The summed E-state index contributed by atoms with van der Waals surface area (Å²) in [7, 11) is 1.84. The molecular formula is C16H13Cl2N5O. The van der Waals surface area contributed by atoms with Crippen molar-refractivity contribution in [1.82, 2.24) is 19.6 Å². The van der Waals surface area contributed by atoms with Gasteiger partial charge in [0.15, 0.2) is 11.3 Å². The highest BCUT2D eigenvalue weighted by molar-refractivity contribution is 6.31. The van der Waals surface area contributed by atoms with E-state index in [2.05, 4.69) is 10.1 Å². The summed E-state index contributed by atoms with van der Waals surface area (Å²) in [5, 5.41) is 8.86. The van der Waals surface area contributed by atoms with E-state index in [0.717, 1.165) is 17.7 Å². The molecule has 0 N–H and O–H groups in total. The Morgan fingerprint density at radius 1 is 1.21 bits per heavy atom. The first kappa shape index (κ1) is 15.2. The predicted molar refractivity (Wildman–Crippen MR) is 92.6 cm³/mol. The summed E-state index contributed by atoms with van der Waals surface area (Å²) in [4.78, 5) is 17.0. The van der Waals surface area contributed by atoms with Crippen LogP contribution in [-0.4, -0.2) is 39.1 Å². The van der Waals surface area contributed by atoms with E-state index in [0.29, 0.717) is 27.9 Å². The number of carbonyl (C=O) groups is 1. The van der Waals surface area contributed by atoms with Crippen LogP contribution in [0.1, 0.15) is 16.1 Å². The van der Waals surface area contributed by atoms with Gasteiger partial charge in [-0.05, 0) is 24.1 Å². The fraction of sp³-hybridized carbons (Fsp3) is 0.188. The molecule has 0 atom stereocenters. The number of hydrogen-bond donors (Lipinski definition) is 0. The van der Waals surface area contributed by atoms with E-state index < -0.39 is 0 Å². The maximum atomic E-state index is 12.9. The second-order valence-corrected chi connectivity index (χ2v) is 6.45. The van der Waals surface area contributed by atoms with Gasteiger partial charge in [-0.1, -0.05) is 29.3 Å². The summed E-state index contributed by atoms with van der Waals surface area (Å²) in [6.45, 7) is 0.575. The van der Waals surface area contributed by atoms with Gasteiger partial charge in [0.25, 0.3) is 5.91 Å². The van der Waals surface area contributed by atoms with Gasteiger partial charge in [-0.25, -0.2) is 14.5 Å². The molecule has 0 fully saturated rings. The van der Waals surface area contributed by atoms with E-state index in [1.54, 1.807) is 17.3 Å². The van der Waals surface area contributed by atoms with Crippen LogP contribution in [0.5, 0.6) is 0 Å². The average molecular weight is 362 g/mol. The number of carbonyl (C=O) groups excluding carboxylic acids is 1. The highest BCUT2D eigenvalue weighted by Crippen LogP contribution is 2.30. The molecule has 3 heterocycles. The number of hydrazine groups is 1. The number of benzene rings is 1. The number of hydrogen-bond acceptors (Lipinski definition) is 4. The Morgan fingerprint density at radius 2 is 2.04 bits per heavy atom. The summed E-state index contributed by atoms with van der Waals surface area (Å²) >= 11 is 12.0. The van der Waals surface area contributed by atoms with E-state index in [9.17, 15) is 4.79 Å². The van der Waals surface area contributed by atoms with Crippen molar-refractivity contribution in [3.05, 3.63) is 58.0 Å². The Bertz CT molecular complexity index is 955. The van der Waals surface area contributed by atoms with Gasteiger partial charge >= 0.3 is 0 Å². The standard InChI is InChI=1S/C16H13Cl2N5O/c1-21-14-6-11(17)3-2-10(14)4-5-23(21)16(24)13-7-15-19-8-12(18)9-22(15)20-13/h2-3,6-9H,4-5H2,1H3. The molecule has 0 spiro atoms. The molecule has 1 aromatic carbocycles. The molecule has 24 heavy (non-hydrogen) atoms. The highest BCUT2D eigenvalue weighted by Gasteiger charge is 2.28. The number of rotatable bonds is 1. The summed E-state index contributed by atoms with van der Waals surface area (Å²) in [5.74, 6) is -0.190. The monoisotopic (exact) mass is 361 g/mol. The molecule has 0 saturated carbocycles. The van der Waals surface area contributed by atoms with Crippen molar-refractivity contribution in [3.63, 3.8) is 0 Å². The number of anilines is 1. The van der Waals surface area contributed by atoms with Gasteiger partial charge in [-0.3, -0.25) is 9.80 Å². The first-order valence-corrected chi connectivity index (χ1v) is 8.13. The van der Waals surface area contributed by atoms with Gasteiger partial charge in [-0.2, -0.15) is 5.10 Å². The Kier molecular flexibility index (Phi) is 3.58. The Balaban J connectivity index is 1.68. The lowest BCUT2D eigenvalue weighted by atomic mass is 10.1. The molecule has 0 bridgehead atoms. The van der Waals surface area contributed by atoms with Gasteiger partial charge in [0.2, 0.25) is 0 Å². The zero-order valence-corrected chi connectivity index (χ0v) is 14.3. The normalized spacial score (nSPS) is 14.1. The van der Waals surface area contributed by atoms with Crippen LogP contribution in [0.15, 0.2) is 36.7 Å². The van der Waals surface area contributed by atoms with Crippen molar-refractivity contribution in [3.8, 4) is 0 Å². The maximum Gasteiger partial charge on any atom is 0.292 e. The molecule has 0 saturated heterocycles. The van der Waals surface area contributed by atoms with Crippen molar-refractivity contribution in [2.45, 2.75) is 6.42 Å². The summed E-state index contributed by atoms with van der Waals surface area (Å²) in [5.41, 5.74) is 2.98. The molecular weight excluding hydrogens is 349 g/mol. The van der Waals surface area contributed by atoms with Crippen molar-refractivity contribution >= 4 is 40.4 Å². The Morgan fingerprint density at radius 3 is 2.88 bits per heavy atom. The van der Waals surface area contributed by atoms with Gasteiger partial charge in [-0.15, -0.1) is 0 Å². The van der Waals surface area contributed by atoms with Crippen LogP contribution in [0.4, 0.5) is 5.69 Å². The zero-order valence-electron chi connectivity index (χ0n) is 12.8.